The maximum Gasteiger partial charge on any atom is -0.0266 e. The van der Waals surface area contributed by atoms with E-state index in [0.29, 0.717) is 0 Å². The molecule has 2 fully saturated rings. The van der Waals surface area contributed by atoms with Crippen molar-refractivity contribution < 1.29 is 0 Å². The van der Waals surface area contributed by atoms with Crippen LogP contribution in [0.3, 0.4) is 0 Å². The van der Waals surface area contributed by atoms with E-state index in [1.54, 1.807) is 12.8 Å². The molecule has 2 saturated carbocycles. The van der Waals surface area contributed by atoms with Crippen molar-refractivity contribution in [3.63, 3.8) is 0 Å². The van der Waals surface area contributed by atoms with E-state index in [2.05, 4.69) is 6.92 Å². The Bertz CT molecular complexity index is 78.0. The summed E-state index contributed by atoms with van der Waals surface area (Å²) in [5.41, 5.74) is 0.958. The van der Waals surface area contributed by atoms with Gasteiger partial charge in [-0.05, 0) is 24.2 Å². The topological polar surface area (TPSA) is 0 Å². The zero-order valence-electron chi connectivity index (χ0n) is 4.20. The highest BCUT2D eigenvalue weighted by molar-refractivity contribution is 5.17. The molecular formula is C6H10. The highest BCUT2D eigenvalue weighted by atomic mass is 14.7. The summed E-state index contributed by atoms with van der Waals surface area (Å²) in [6.07, 6.45) is 4.60. The second-order valence-electron chi connectivity index (χ2n) is 2.82. The van der Waals surface area contributed by atoms with Gasteiger partial charge in [0.1, 0.15) is 0 Å². The molecule has 0 atom stereocenters. The van der Waals surface area contributed by atoms with Gasteiger partial charge in [0.2, 0.25) is 0 Å². The minimum atomic E-state index is 0.958. The average Bonchev–Trinajstić information content (AvgIpc) is 2.12. The molecule has 0 aromatic rings. The molecule has 34 valence electrons. The lowest BCUT2D eigenvalue weighted by molar-refractivity contribution is 0.623. The molecule has 6 heavy (non-hydrogen) atoms. The van der Waals surface area contributed by atoms with Crippen molar-refractivity contribution in [1.29, 1.82) is 0 Å². The molecule has 0 spiro atoms. The Labute approximate surface area is 38.6 Å². The van der Waals surface area contributed by atoms with Gasteiger partial charge < -0.3 is 0 Å². The van der Waals surface area contributed by atoms with Crippen LogP contribution in [0.25, 0.3) is 0 Å². The Hall–Kier alpha value is 0. The molecule has 2 aliphatic carbocycles. The summed E-state index contributed by atoms with van der Waals surface area (Å²) >= 11 is 0. The summed E-state index contributed by atoms with van der Waals surface area (Å²) in [5.74, 6) is 1.21. The first-order chi connectivity index (χ1) is 2.87. The molecule has 2 aliphatic rings. The molecule has 0 heteroatoms. The van der Waals surface area contributed by atoms with Crippen LogP contribution in [0, 0.1) is 11.3 Å². The van der Waals surface area contributed by atoms with Crippen molar-refractivity contribution in [2.45, 2.75) is 26.2 Å². The van der Waals surface area contributed by atoms with Gasteiger partial charge in [0.05, 0.1) is 0 Å². The molecular weight excluding hydrogens is 72.1 g/mol. The normalized spacial score (nSPS) is 60.5. The zero-order chi connectivity index (χ0) is 4.20. The fraction of sp³-hybridized carbons (Fsp3) is 1.00. The third-order valence-electron chi connectivity index (χ3n) is 2.56. The van der Waals surface area contributed by atoms with Crippen molar-refractivity contribution >= 4 is 0 Å². The highest BCUT2D eigenvalue weighted by Gasteiger charge is 2.67. The Balaban J connectivity index is 2.10. The predicted molar refractivity (Wildman–Crippen MR) is 25.4 cm³/mol. The molecule has 0 unspecified atom stereocenters. The van der Waals surface area contributed by atoms with Crippen LogP contribution < -0.4 is 0 Å². The standard InChI is InChI=1S/C6H10/c1-2-6-3-5(6)4-6/h5H,2-4H2,1H3. The molecule has 0 aliphatic heterocycles. The van der Waals surface area contributed by atoms with Crippen molar-refractivity contribution in [1.82, 2.24) is 0 Å². The van der Waals surface area contributed by atoms with Crippen molar-refractivity contribution in [3.8, 4) is 0 Å². The summed E-state index contributed by atoms with van der Waals surface area (Å²) in [7, 11) is 0. The SMILES string of the molecule is CCC12CC1C2. The van der Waals surface area contributed by atoms with E-state index in [9.17, 15) is 0 Å². The van der Waals surface area contributed by atoms with Crippen molar-refractivity contribution in [2.75, 3.05) is 0 Å². The third-order valence-corrected chi connectivity index (χ3v) is 2.56. The number of hydrogen-bond acceptors (Lipinski definition) is 0. The molecule has 0 saturated heterocycles. The van der Waals surface area contributed by atoms with E-state index in [-0.39, 0.29) is 0 Å². The van der Waals surface area contributed by atoms with Crippen LogP contribution in [0.15, 0.2) is 0 Å². The third kappa shape index (κ3) is 0.160. The quantitative estimate of drug-likeness (QED) is 0.452. The van der Waals surface area contributed by atoms with Crippen molar-refractivity contribution in [3.05, 3.63) is 0 Å². The van der Waals surface area contributed by atoms with Crippen LogP contribution in [-0.2, 0) is 0 Å². The summed E-state index contributed by atoms with van der Waals surface area (Å²) in [4.78, 5) is 0. The molecule has 0 amide bonds. The molecule has 0 bridgehead atoms. The van der Waals surface area contributed by atoms with Gasteiger partial charge in [-0.15, -0.1) is 0 Å². The van der Waals surface area contributed by atoms with E-state index in [1.165, 1.54) is 12.3 Å². The Kier molecular flexibility index (Phi) is 0.283. The van der Waals surface area contributed by atoms with E-state index < -0.39 is 0 Å². The predicted octanol–water partition coefficient (Wildman–Crippen LogP) is 1.81. The second kappa shape index (κ2) is 0.556. The second-order valence-corrected chi connectivity index (χ2v) is 2.82. The van der Waals surface area contributed by atoms with Gasteiger partial charge in [-0.1, -0.05) is 13.3 Å². The van der Waals surface area contributed by atoms with Gasteiger partial charge >= 0.3 is 0 Å². The molecule has 0 aromatic heterocycles. The molecule has 0 heterocycles. The largest absolute Gasteiger partial charge is 0.0648 e. The molecule has 0 N–H and O–H groups in total. The molecule has 2 rings (SSSR count). The van der Waals surface area contributed by atoms with E-state index in [0.717, 1.165) is 5.41 Å². The summed E-state index contributed by atoms with van der Waals surface area (Å²) < 4.78 is 0. The smallest absolute Gasteiger partial charge is 0.0266 e. The van der Waals surface area contributed by atoms with Crippen LogP contribution >= 0.6 is 0 Å². The molecule has 0 aromatic carbocycles. The number of fused-ring (bicyclic) bond motifs is 1. The van der Waals surface area contributed by atoms with Gasteiger partial charge in [-0.3, -0.25) is 0 Å². The summed E-state index contributed by atoms with van der Waals surface area (Å²) in [5, 5.41) is 0. The van der Waals surface area contributed by atoms with E-state index >= 15 is 0 Å². The van der Waals surface area contributed by atoms with Crippen molar-refractivity contribution in [2.24, 2.45) is 11.3 Å². The lowest BCUT2D eigenvalue weighted by atomic mass is 10.2. The lowest BCUT2D eigenvalue weighted by Gasteiger charge is -1.89. The minimum Gasteiger partial charge on any atom is -0.0648 e. The maximum absolute atomic E-state index is 2.31. The zero-order valence-corrected chi connectivity index (χ0v) is 4.20. The fourth-order valence-electron chi connectivity index (χ4n) is 1.38. The number of rotatable bonds is 1. The first-order valence-corrected chi connectivity index (χ1v) is 2.87. The van der Waals surface area contributed by atoms with E-state index in [4.69, 9.17) is 0 Å². The molecule has 0 nitrogen and oxygen atoms in total. The van der Waals surface area contributed by atoms with Crippen LogP contribution in [-0.4, -0.2) is 0 Å². The highest BCUT2D eigenvalue weighted by Crippen LogP contribution is 2.77. The molecule has 0 radical (unpaired) electrons. The van der Waals surface area contributed by atoms with Crippen LogP contribution in [0.1, 0.15) is 26.2 Å². The summed E-state index contributed by atoms with van der Waals surface area (Å²) in [6.45, 7) is 2.31. The van der Waals surface area contributed by atoms with Gasteiger partial charge in [0.15, 0.2) is 0 Å². The first kappa shape index (κ1) is 3.06. The Morgan fingerprint density at radius 2 is 2.17 bits per heavy atom. The lowest BCUT2D eigenvalue weighted by Crippen LogP contribution is -1.77. The Morgan fingerprint density at radius 1 is 1.67 bits per heavy atom. The first-order valence-electron chi connectivity index (χ1n) is 2.87. The van der Waals surface area contributed by atoms with E-state index in [1.807, 2.05) is 0 Å². The van der Waals surface area contributed by atoms with Crippen LogP contribution in [0.2, 0.25) is 0 Å². The average molecular weight is 82.1 g/mol. The minimum absolute atomic E-state index is 0.958. The van der Waals surface area contributed by atoms with Gasteiger partial charge in [0.25, 0.3) is 0 Å². The van der Waals surface area contributed by atoms with Crippen LogP contribution in [0.5, 0.6) is 0 Å². The number of hydrogen-bond donors (Lipinski definition) is 0. The Morgan fingerprint density at radius 3 is 2.17 bits per heavy atom. The maximum atomic E-state index is 2.31. The van der Waals surface area contributed by atoms with Gasteiger partial charge in [0, 0.05) is 0 Å². The summed E-state index contributed by atoms with van der Waals surface area (Å²) in [6, 6.07) is 0. The monoisotopic (exact) mass is 82.1 g/mol. The van der Waals surface area contributed by atoms with Gasteiger partial charge in [-0.2, -0.15) is 0 Å². The van der Waals surface area contributed by atoms with Crippen LogP contribution in [0.4, 0.5) is 0 Å². The fourth-order valence-corrected chi connectivity index (χ4v) is 1.38. The van der Waals surface area contributed by atoms with Gasteiger partial charge in [-0.25, -0.2) is 0 Å².